The van der Waals surface area contributed by atoms with Crippen LogP contribution in [-0.4, -0.2) is 15.7 Å². The van der Waals surface area contributed by atoms with Crippen molar-refractivity contribution in [3.8, 4) is 11.3 Å². The van der Waals surface area contributed by atoms with Gasteiger partial charge in [0.2, 0.25) is 5.91 Å². The molecule has 0 aliphatic rings. The predicted molar refractivity (Wildman–Crippen MR) is 83.0 cm³/mol. The van der Waals surface area contributed by atoms with Crippen LogP contribution in [0.1, 0.15) is 20.3 Å². The fourth-order valence-electron chi connectivity index (χ4n) is 1.96. The zero-order chi connectivity index (χ0) is 15.4. The van der Waals surface area contributed by atoms with Crippen LogP contribution < -0.4 is 10.9 Å². The van der Waals surface area contributed by atoms with Crippen LogP contribution in [0.5, 0.6) is 0 Å². The summed E-state index contributed by atoms with van der Waals surface area (Å²) in [6, 6.07) is 10.6. The summed E-state index contributed by atoms with van der Waals surface area (Å²) in [5, 5.41) is 7.05. The Morgan fingerprint density at radius 3 is 2.43 bits per heavy atom. The highest BCUT2D eigenvalue weighted by molar-refractivity contribution is 5.91. The molecule has 2 aromatic rings. The van der Waals surface area contributed by atoms with Crippen molar-refractivity contribution in [3.63, 3.8) is 0 Å². The first-order chi connectivity index (χ1) is 9.95. The SMILES string of the molecule is CC(C)CC(=O)Nc1ccc(-c2ccc(=O)n(C)n2)cc1. The molecular formula is C16H19N3O2. The Morgan fingerprint density at radius 2 is 1.86 bits per heavy atom. The zero-order valence-electron chi connectivity index (χ0n) is 12.5. The van der Waals surface area contributed by atoms with Crippen LogP contribution in [0.2, 0.25) is 0 Å². The highest BCUT2D eigenvalue weighted by Gasteiger charge is 2.06. The lowest BCUT2D eigenvalue weighted by Gasteiger charge is -2.08. The third-order valence-electron chi connectivity index (χ3n) is 3.02. The van der Waals surface area contributed by atoms with Crippen LogP contribution in [0.3, 0.4) is 0 Å². The van der Waals surface area contributed by atoms with Crippen molar-refractivity contribution in [2.75, 3.05) is 5.32 Å². The number of hydrogen-bond acceptors (Lipinski definition) is 3. The molecule has 21 heavy (non-hydrogen) atoms. The van der Waals surface area contributed by atoms with E-state index in [4.69, 9.17) is 0 Å². The summed E-state index contributed by atoms with van der Waals surface area (Å²) in [4.78, 5) is 23.0. The molecule has 0 aliphatic carbocycles. The molecular weight excluding hydrogens is 266 g/mol. The Labute approximate surface area is 123 Å². The maximum Gasteiger partial charge on any atom is 0.266 e. The molecule has 1 heterocycles. The van der Waals surface area contributed by atoms with E-state index in [1.165, 1.54) is 10.7 Å². The average Bonchev–Trinajstić information content (AvgIpc) is 2.42. The predicted octanol–water partition coefficient (Wildman–Crippen LogP) is 2.43. The van der Waals surface area contributed by atoms with Gasteiger partial charge in [-0.15, -0.1) is 0 Å². The monoisotopic (exact) mass is 285 g/mol. The van der Waals surface area contributed by atoms with Gasteiger partial charge in [0.15, 0.2) is 0 Å². The number of nitrogens with zero attached hydrogens (tertiary/aromatic N) is 2. The largest absolute Gasteiger partial charge is 0.326 e. The lowest BCUT2D eigenvalue weighted by atomic mass is 10.1. The normalized spacial score (nSPS) is 10.7. The number of benzene rings is 1. The van der Waals surface area contributed by atoms with E-state index in [-0.39, 0.29) is 11.5 Å². The van der Waals surface area contributed by atoms with E-state index in [0.29, 0.717) is 12.3 Å². The minimum Gasteiger partial charge on any atom is -0.326 e. The molecule has 1 aromatic heterocycles. The molecule has 0 saturated carbocycles. The van der Waals surface area contributed by atoms with Gasteiger partial charge in [0.1, 0.15) is 0 Å². The Bertz CT molecular complexity index is 687. The Morgan fingerprint density at radius 1 is 1.19 bits per heavy atom. The molecule has 1 amide bonds. The minimum absolute atomic E-state index is 0.0120. The highest BCUT2D eigenvalue weighted by Crippen LogP contribution is 2.18. The fraction of sp³-hybridized carbons (Fsp3) is 0.312. The molecule has 5 heteroatoms. The summed E-state index contributed by atoms with van der Waals surface area (Å²) in [6.45, 7) is 4.02. The van der Waals surface area contributed by atoms with Gasteiger partial charge in [0, 0.05) is 30.8 Å². The number of nitrogens with one attached hydrogen (secondary N) is 1. The molecule has 110 valence electrons. The summed E-state index contributed by atoms with van der Waals surface area (Å²) in [5.74, 6) is 0.345. The summed E-state index contributed by atoms with van der Waals surface area (Å²) in [5.41, 5.74) is 2.23. The van der Waals surface area contributed by atoms with Crippen LogP contribution in [0, 0.1) is 5.92 Å². The second-order valence-corrected chi connectivity index (χ2v) is 5.40. The lowest BCUT2D eigenvalue weighted by Crippen LogP contribution is -2.18. The maximum atomic E-state index is 11.7. The van der Waals surface area contributed by atoms with E-state index < -0.39 is 0 Å². The fourth-order valence-corrected chi connectivity index (χ4v) is 1.96. The summed E-state index contributed by atoms with van der Waals surface area (Å²) < 4.78 is 1.30. The lowest BCUT2D eigenvalue weighted by molar-refractivity contribution is -0.116. The van der Waals surface area contributed by atoms with Crippen LogP contribution >= 0.6 is 0 Å². The standard InChI is InChI=1S/C16H19N3O2/c1-11(2)10-15(20)17-13-6-4-12(5-7-13)14-8-9-16(21)19(3)18-14/h4-9,11H,10H2,1-3H3,(H,17,20). The number of carbonyl (C=O) groups is 1. The smallest absolute Gasteiger partial charge is 0.266 e. The first kappa shape index (κ1) is 15.0. The van der Waals surface area contributed by atoms with Gasteiger partial charge in [-0.2, -0.15) is 5.10 Å². The van der Waals surface area contributed by atoms with Crippen molar-refractivity contribution < 1.29 is 4.79 Å². The summed E-state index contributed by atoms with van der Waals surface area (Å²) >= 11 is 0. The quantitative estimate of drug-likeness (QED) is 0.938. The number of rotatable bonds is 4. The van der Waals surface area contributed by atoms with E-state index in [9.17, 15) is 9.59 Å². The maximum absolute atomic E-state index is 11.7. The van der Waals surface area contributed by atoms with E-state index in [1.54, 1.807) is 13.1 Å². The number of aromatic nitrogens is 2. The number of carbonyl (C=O) groups excluding carboxylic acids is 1. The van der Waals surface area contributed by atoms with Crippen molar-refractivity contribution in [1.29, 1.82) is 0 Å². The Kier molecular flexibility index (Phi) is 4.52. The van der Waals surface area contributed by atoms with Gasteiger partial charge in [-0.25, -0.2) is 4.68 Å². The molecule has 1 aromatic carbocycles. The van der Waals surface area contributed by atoms with Gasteiger partial charge in [-0.05, 0) is 24.1 Å². The Hall–Kier alpha value is -2.43. The van der Waals surface area contributed by atoms with Crippen molar-refractivity contribution in [2.24, 2.45) is 13.0 Å². The molecule has 0 unspecified atom stereocenters. The molecule has 0 saturated heterocycles. The first-order valence-electron chi connectivity index (χ1n) is 6.90. The zero-order valence-corrected chi connectivity index (χ0v) is 12.5. The van der Waals surface area contributed by atoms with E-state index in [2.05, 4.69) is 10.4 Å². The van der Waals surface area contributed by atoms with Gasteiger partial charge >= 0.3 is 0 Å². The number of amides is 1. The molecule has 0 aliphatic heterocycles. The minimum atomic E-state index is -0.142. The van der Waals surface area contributed by atoms with Gasteiger partial charge in [0.25, 0.3) is 5.56 Å². The molecule has 2 rings (SSSR count). The average molecular weight is 285 g/mol. The van der Waals surface area contributed by atoms with E-state index in [1.807, 2.05) is 38.1 Å². The van der Waals surface area contributed by atoms with Crippen LogP contribution in [0.4, 0.5) is 5.69 Å². The number of aryl methyl sites for hydroxylation is 1. The second-order valence-electron chi connectivity index (χ2n) is 5.40. The first-order valence-corrected chi connectivity index (χ1v) is 6.90. The van der Waals surface area contributed by atoms with Gasteiger partial charge < -0.3 is 5.32 Å². The Balaban J connectivity index is 2.13. The van der Waals surface area contributed by atoms with Gasteiger partial charge in [-0.3, -0.25) is 9.59 Å². The van der Waals surface area contributed by atoms with E-state index in [0.717, 1.165) is 16.9 Å². The summed E-state index contributed by atoms with van der Waals surface area (Å²) in [6.07, 6.45) is 0.504. The molecule has 5 nitrogen and oxygen atoms in total. The second kappa shape index (κ2) is 6.35. The molecule has 0 atom stereocenters. The topological polar surface area (TPSA) is 64.0 Å². The number of hydrogen-bond donors (Lipinski definition) is 1. The molecule has 0 bridgehead atoms. The number of anilines is 1. The van der Waals surface area contributed by atoms with Crippen molar-refractivity contribution >= 4 is 11.6 Å². The van der Waals surface area contributed by atoms with Crippen LogP contribution in [0.25, 0.3) is 11.3 Å². The van der Waals surface area contributed by atoms with Crippen molar-refractivity contribution in [2.45, 2.75) is 20.3 Å². The molecule has 1 N–H and O–H groups in total. The van der Waals surface area contributed by atoms with Gasteiger partial charge in [-0.1, -0.05) is 26.0 Å². The third-order valence-corrected chi connectivity index (χ3v) is 3.02. The summed E-state index contributed by atoms with van der Waals surface area (Å²) in [7, 11) is 1.62. The van der Waals surface area contributed by atoms with Crippen LogP contribution in [0.15, 0.2) is 41.2 Å². The van der Waals surface area contributed by atoms with Crippen LogP contribution in [-0.2, 0) is 11.8 Å². The van der Waals surface area contributed by atoms with E-state index >= 15 is 0 Å². The van der Waals surface area contributed by atoms with Crippen molar-refractivity contribution in [3.05, 3.63) is 46.8 Å². The molecule has 0 radical (unpaired) electrons. The molecule has 0 spiro atoms. The molecule has 0 fully saturated rings. The van der Waals surface area contributed by atoms with Gasteiger partial charge in [0.05, 0.1) is 5.69 Å². The third kappa shape index (κ3) is 4.02. The highest BCUT2D eigenvalue weighted by atomic mass is 16.1. The van der Waals surface area contributed by atoms with Crippen molar-refractivity contribution in [1.82, 2.24) is 9.78 Å².